The molecule has 0 bridgehead atoms. The fraction of sp³-hybridized carbons (Fsp3) is 0.400. The number of fused-ring (bicyclic) bond motifs is 1. The van der Waals surface area contributed by atoms with Crippen molar-refractivity contribution in [2.75, 3.05) is 26.9 Å². The Kier molecular flexibility index (Phi) is 6.32. The number of hydrogen-bond donors (Lipinski definition) is 1. The van der Waals surface area contributed by atoms with Crippen molar-refractivity contribution in [3.63, 3.8) is 0 Å². The van der Waals surface area contributed by atoms with E-state index in [0.29, 0.717) is 32.0 Å². The second-order valence-corrected chi connectivity index (χ2v) is 6.47. The summed E-state index contributed by atoms with van der Waals surface area (Å²) in [6.07, 6.45) is 0.809. The van der Waals surface area contributed by atoms with Gasteiger partial charge in [-0.3, -0.25) is 0 Å². The Bertz CT molecular complexity index is 713. The summed E-state index contributed by atoms with van der Waals surface area (Å²) in [5, 5.41) is 0. The highest BCUT2D eigenvalue weighted by Gasteiger charge is 2.49. The molecule has 2 heterocycles. The third-order valence-electron chi connectivity index (χ3n) is 4.74. The molecule has 2 unspecified atom stereocenters. The summed E-state index contributed by atoms with van der Waals surface area (Å²) in [6.45, 7) is 2.24. The van der Waals surface area contributed by atoms with Crippen LogP contribution in [0, 0.1) is 17.6 Å². The molecule has 140 valence electrons. The van der Waals surface area contributed by atoms with Gasteiger partial charge in [-0.25, -0.2) is 8.78 Å². The van der Waals surface area contributed by atoms with Gasteiger partial charge in [0.05, 0.1) is 25.4 Å². The first-order valence-corrected chi connectivity index (χ1v) is 8.61. The van der Waals surface area contributed by atoms with E-state index in [2.05, 4.69) is 5.48 Å². The normalized spacial score (nSPS) is 24.5. The van der Waals surface area contributed by atoms with Gasteiger partial charge >= 0.3 is 0 Å². The quantitative estimate of drug-likeness (QED) is 0.905. The highest BCUT2D eigenvalue weighted by molar-refractivity contribution is 5.29. The first kappa shape index (κ1) is 18.9. The SMILES string of the molecule is COCc1ccccc1.Fc1ccc(C23COCCC2CON3)c(F)c1. The molecule has 2 aliphatic rings. The van der Waals surface area contributed by atoms with E-state index in [1.54, 1.807) is 7.11 Å². The smallest absolute Gasteiger partial charge is 0.131 e. The number of hydroxylamine groups is 1. The predicted molar refractivity (Wildman–Crippen MR) is 93.2 cm³/mol. The number of hydrogen-bond acceptors (Lipinski definition) is 4. The Morgan fingerprint density at radius 3 is 2.73 bits per heavy atom. The maximum Gasteiger partial charge on any atom is 0.131 e. The highest BCUT2D eigenvalue weighted by atomic mass is 19.1. The van der Waals surface area contributed by atoms with Crippen molar-refractivity contribution in [2.45, 2.75) is 18.6 Å². The Hall–Kier alpha value is -1.86. The Morgan fingerprint density at radius 1 is 1.19 bits per heavy atom. The van der Waals surface area contributed by atoms with Crippen molar-refractivity contribution in [3.8, 4) is 0 Å². The molecule has 6 heteroatoms. The van der Waals surface area contributed by atoms with Crippen molar-refractivity contribution >= 4 is 0 Å². The first-order chi connectivity index (χ1) is 12.7. The molecule has 26 heavy (non-hydrogen) atoms. The molecule has 0 amide bonds. The minimum Gasteiger partial charge on any atom is -0.380 e. The molecule has 2 saturated heterocycles. The number of methoxy groups -OCH3 is 1. The fourth-order valence-corrected chi connectivity index (χ4v) is 3.38. The standard InChI is InChI=1S/C12H13F2NO2.C8H10O/c13-9-1-2-10(11(14)5-9)12-7-16-4-3-8(12)6-17-15-12;1-9-7-8-5-3-2-4-6-8/h1-2,5,8,15H,3-4,6-7H2;2-6H,7H2,1H3. The number of rotatable bonds is 3. The Balaban J connectivity index is 0.000000185. The number of ether oxygens (including phenoxy) is 2. The molecule has 0 radical (unpaired) electrons. The lowest BCUT2D eigenvalue weighted by atomic mass is 9.77. The van der Waals surface area contributed by atoms with E-state index < -0.39 is 17.2 Å². The summed E-state index contributed by atoms with van der Waals surface area (Å²) in [5.41, 5.74) is 3.83. The fourth-order valence-electron chi connectivity index (χ4n) is 3.38. The van der Waals surface area contributed by atoms with Crippen LogP contribution in [0.2, 0.25) is 0 Å². The van der Waals surface area contributed by atoms with Crippen molar-refractivity contribution in [1.29, 1.82) is 0 Å². The maximum absolute atomic E-state index is 13.9. The highest BCUT2D eigenvalue weighted by Crippen LogP contribution is 2.40. The van der Waals surface area contributed by atoms with Gasteiger partial charge in [0.25, 0.3) is 0 Å². The predicted octanol–water partition coefficient (Wildman–Crippen LogP) is 3.56. The van der Waals surface area contributed by atoms with E-state index >= 15 is 0 Å². The molecule has 1 N–H and O–H groups in total. The second-order valence-electron chi connectivity index (χ2n) is 6.47. The summed E-state index contributed by atoms with van der Waals surface area (Å²) in [4.78, 5) is 5.24. The second kappa shape index (κ2) is 8.68. The summed E-state index contributed by atoms with van der Waals surface area (Å²) in [6, 6.07) is 13.7. The molecule has 0 aliphatic carbocycles. The summed E-state index contributed by atoms with van der Waals surface area (Å²) < 4.78 is 37.2. The lowest BCUT2D eigenvalue weighted by Gasteiger charge is -2.37. The van der Waals surface area contributed by atoms with Gasteiger partial charge in [-0.05, 0) is 18.1 Å². The van der Waals surface area contributed by atoms with Crippen LogP contribution in [0.15, 0.2) is 48.5 Å². The van der Waals surface area contributed by atoms with Crippen LogP contribution in [0.1, 0.15) is 17.5 Å². The van der Waals surface area contributed by atoms with Crippen molar-refractivity contribution in [1.82, 2.24) is 5.48 Å². The van der Waals surface area contributed by atoms with Crippen LogP contribution >= 0.6 is 0 Å². The van der Waals surface area contributed by atoms with Gasteiger partial charge in [0.15, 0.2) is 0 Å². The molecular formula is C20H23F2NO3. The van der Waals surface area contributed by atoms with Crippen LogP contribution in [0.3, 0.4) is 0 Å². The van der Waals surface area contributed by atoms with Crippen molar-refractivity contribution in [2.24, 2.45) is 5.92 Å². The summed E-state index contributed by atoms with van der Waals surface area (Å²) in [5.74, 6) is -0.968. The third kappa shape index (κ3) is 4.10. The van der Waals surface area contributed by atoms with E-state index in [1.165, 1.54) is 17.7 Å². The zero-order chi connectivity index (χ0) is 18.4. The number of halogens is 2. The average molecular weight is 363 g/mol. The molecule has 2 aromatic rings. The molecule has 4 nitrogen and oxygen atoms in total. The molecular weight excluding hydrogens is 340 g/mol. The zero-order valence-electron chi connectivity index (χ0n) is 14.7. The van der Waals surface area contributed by atoms with E-state index in [-0.39, 0.29) is 5.92 Å². The first-order valence-electron chi connectivity index (χ1n) is 8.61. The molecule has 0 saturated carbocycles. The molecule has 4 rings (SSSR count). The maximum atomic E-state index is 13.9. The third-order valence-corrected chi connectivity index (χ3v) is 4.74. The van der Waals surface area contributed by atoms with Crippen LogP contribution in [0.4, 0.5) is 8.78 Å². The summed E-state index contributed by atoms with van der Waals surface area (Å²) >= 11 is 0. The topological polar surface area (TPSA) is 39.7 Å². The van der Waals surface area contributed by atoms with Crippen LogP contribution in [0.5, 0.6) is 0 Å². The van der Waals surface area contributed by atoms with Crippen LogP contribution in [0.25, 0.3) is 0 Å². The summed E-state index contributed by atoms with van der Waals surface area (Å²) in [7, 11) is 1.70. The monoisotopic (exact) mass is 363 g/mol. The van der Waals surface area contributed by atoms with Crippen LogP contribution in [-0.2, 0) is 26.5 Å². The minimum atomic E-state index is -0.671. The van der Waals surface area contributed by atoms with Gasteiger partial charge in [0, 0.05) is 31.3 Å². The molecule has 0 spiro atoms. The molecule has 2 atom stereocenters. The van der Waals surface area contributed by atoms with Crippen molar-refractivity contribution < 1.29 is 23.1 Å². The van der Waals surface area contributed by atoms with Gasteiger partial charge in [-0.1, -0.05) is 36.4 Å². The largest absolute Gasteiger partial charge is 0.380 e. The van der Waals surface area contributed by atoms with E-state index in [4.69, 9.17) is 14.3 Å². The van der Waals surface area contributed by atoms with Gasteiger partial charge < -0.3 is 14.3 Å². The van der Waals surface area contributed by atoms with E-state index in [0.717, 1.165) is 12.5 Å². The molecule has 2 aromatic carbocycles. The minimum absolute atomic E-state index is 0.163. The molecule has 2 aliphatic heterocycles. The van der Waals surface area contributed by atoms with E-state index in [9.17, 15) is 8.78 Å². The van der Waals surface area contributed by atoms with Gasteiger partial charge in [0.1, 0.15) is 11.6 Å². The van der Waals surface area contributed by atoms with Gasteiger partial charge in [-0.2, -0.15) is 5.48 Å². The van der Waals surface area contributed by atoms with Gasteiger partial charge in [-0.15, -0.1) is 0 Å². The lowest BCUT2D eigenvalue weighted by molar-refractivity contribution is -0.0226. The molecule has 2 fully saturated rings. The number of nitrogens with one attached hydrogen (secondary N) is 1. The zero-order valence-corrected chi connectivity index (χ0v) is 14.7. The Labute approximate surface area is 152 Å². The lowest BCUT2D eigenvalue weighted by Crippen LogP contribution is -2.49. The van der Waals surface area contributed by atoms with Crippen molar-refractivity contribution in [3.05, 3.63) is 71.3 Å². The van der Waals surface area contributed by atoms with Crippen LogP contribution < -0.4 is 5.48 Å². The average Bonchev–Trinajstić information content (AvgIpc) is 3.08. The Morgan fingerprint density at radius 2 is 2.00 bits per heavy atom. The van der Waals surface area contributed by atoms with Crippen LogP contribution in [-0.4, -0.2) is 26.9 Å². The molecule has 0 aromatic heterocycles. The van der Waals surface area contributed by atoms with Gasteiger partial charge in [0.2, 0.25) is 0 Å². The van der Waals surface area contributed by atoms with E-state index in [1.807, 2.05) is 30.3 Å². The number of benzene rings is 2.